The maximum absolute atomic E-state index is 4.45. The lowest BCUT2D eigenvalue weighted by Gasteiger charge is -2.36. The van der Waals surface area contributed by atoms with Gasteiger partial charge in [-0.05, 0) is 35.0 Å². The molecule has 1 aliphatic heterocycles. The highest BCUT2D eigenvalue weighted by Gasteiger charge is 2.20. The van der Waals surface area contributed by atoms with E-state index in [4.69, 9.17) is 0 Å². The van der Waals surface area contributed by atoms with Crippen molar-refractivity contribution >= 4 is 68.5 Å². The van der Waals surface area contributed by atoms with E-state index in [0.29, 0.717) is 0 Å². The molecule has 0 amide bonds. The molecule has 0 radical (unpaired) electrons. The van der Waals surface area contributed by atoms with Gasteiger partial charge in [-0.1, -0.05) is 0 Å². The van der Waals surface area contributed by atoms with Gasteiger partial charge in [0.25, 0.3) is 0 Å². The van der Waals surface area contributed by atoms with Crippen molar-refractivity contribution in [3.63, 3.8) is 0 Å². The van der Waals surface area contributed by atoms with E-state index in [2.05, 4.69) is 60.1 Å². The number of aryl methyl sites for hydroxylation is 1. The summed E-state index contributed by atoms with van der Waals surface area (Å²) in [5, 5.41) is 4.67. The molecule has 1 N–H and O–H groups in total. The zero-order chi connectivity index (χ0) is 17.6. The van der Waals surface area contributed by atoms with Gasteiger partial charge < -0.3 is 10.2 Å². The number of nitrogens with one attached hydrogen (secondary N) is 1. The predicted molar refractivity (Wildman–Crippen MR) is 126 cm³/mol. The Kier molecular flexibility index (Phi) is 9.28. The van der Waals surface area contributed by atoms with Crippen LogP contribution >= 0.6 is 62.6 Å². The van der Waals surface area contributed by atoms with Crippen LogP contribution in [0.1, 0.15) is 14.8 Å². The fraction of sp³-hybridized carbons (Fsp3) is 0.529. The van der Waals surface area contributed by atoms with Crippen molar-refractivity contribution in [1.29, 1.82) is 0 Å². The molecule has 26 heavy (non-hydrogen) atoms. The van der Waals surface area contributed by atoms with Crippen LogP contribution in [0.5, 0.6) is 0 Å². The lowest BCUT2D eigenvalue weighted by Crippen LogP contribution is -2.52. The van der Waals surface area contributed by atoms with E-state index in [1.807, 2.05) is 24.6 Å². The molecule has 1 saturated heterocycles. The molecule has 3 heterocycles. The van der Waals surface area contributed by atoms with Gasteiger partial charge >= 0.3 is 0 Å². The van der Waals surface area contributed by atoms with E-state index in [0.717, 1.165) is 51.6 Å². The Morgan fingerprint density at radius 3 is 2.62 bits per heavy atom. The number of rotatable bonds is 5. The number of hydrogen-bond acceptors (Lipinski definition) is 5. The SMILES string of the molecule is CN=C(NCCc1ncc(C)s1)N1CCN(Cc2ccc(Br)s2)CC1.I. The minimum atomic E-state index is 0. The van der Waals surface area contributed by atoms with E-state index in [-0.39, 0.29) is 24.0 Å². The van der Waals surface area contributed by atoms with E-state index >= 15 is 0 Å². The van der Waals surface area contributed by atoms with Crippen LogP contribution in [0.4, 0.5) is 0 Å². The Labute approximate surface area is 189 Å². The molecule has 0 aliphatic carbocycles. The average molecular weight is 570 g/mol. The van der Waals surface area contributed by atoms with Gasteiger partial charge in [0.2, 0.25) is 0 Å². The first-order chi connectivity index (χ1) is 12.1. The van der Waals surface area contributed by atoms with Crippen molar-refractivity contribution in [2.45, 2.75) is 19.9 Å². The molecule has 0 atom stereocenters. The van der Waals surface area contributed by atoms with E-state index in [1.54, 1.807) is 11.3 Å². The second-order valence-corrected chi connectivity index (χ2v) is 9.92. The summed E-state index contributed by atoms with van der Waals surface area (Å²) in [6.45, 7) is 8.19. The molecule has 3 rings (SSSR count). The smallest absolute Gasteiger partial charge is 0.193 e. The lowest BCUT2D eigenvalue weighted by molar-refractivity contribution is 0.174. The molecule has 2 aromatic rings. The summed E-state index contributed by atoms with van der Waals surface area (Å²) < 4.78 is 1.21. The maximum atomic E-state index is 4.45. The van der Waals surface area contributed by atoms with Gasteiger partial charge in [0.15, 0.2) is 5.96 Å². The van der Waals surface area contributed by atoms with Crippen LogP contribution in [0.2, 0.25) is 0 Å². The second kappa shape index (κ2) is 10.9. The molecule has 0 saturated carbocycles. The van der Waals surface area contributed by atoms with Crippen LogP contribution in [-0.4, -0.2) is 60.5 Å². The number of nitrogens with zero attached hydrogens (tertiary/aromatic N) is 4. The molecular weight excluding hydrogens is 545 g/mol. The molecule has 0 spiro atoms. The summed E-state index contributed by atoms with van der Waals surface area (Å²) in [6.07, 6.45) is 2.89. The number of halogens is 2. The summed E-state index contributed by atoms with van der Waals surface area (Å²) in [5.41, 5.74) is 0. The molecule has 0 bridgehead atoms. The van der Waals surface area contributed by atoms with E-state index in [1.165, 1.54) is 18.5 Å². The van der Waals surface area contributed by atoms with Crippen LogP contribution < -0.4 is 5.32 Å². The molecule has 0 unspecified atom stereocenters. The van der Waals surface area contributed by atoms with Crippen LogP contribution in [-0.2, 0) is 13.0 Å². The minimum Gasteiger partial charge on any atom is -0.356 e. The first kappa shape index (κ1) is 22.1. The van der Waals surface area contributed by atoms with Crippen molar-refractivity contribution in [3.8, 4) is 0 Å². The fourth-order valence-electron chi connectivity index (χ4n) is 2.91. The second-order valence-electron chi connectivity index (χ2n) is 6.06. The molecule has 0 aromatic carbocycles. The summed E-state index contributed by atoms with van der Waals surface area (Å²) in [7, 11) is 1.87. The van der Waals surface area contributed by atoms with E-state index in [9.17, 15) is 0 Å². The van der Waals surface area contributed by atoms with Crippen LogP contribution in [0, 0.1) is 6.92 Å². The van der Waals surface area contributed by atoms with Crippen molar-refractivity contribution in [1.82, 2.24) is 20.1 Å². The highest BCUT2D eigenvalue weighted by atomic mass is 127. The van der Waals surface area contributed by atoms with Crippen molar-refractivity contribution < 1.29 is 0 Å². The number of hydrogen-bond donors (Lipinski definition) is 1. The van der Waals surface area contributed by atoms with Crippen molar-refractivity contribution in [3.05, 3.63) is 36.9 Å². The van der Waals surface area contributed by atoms with Gasteiger partial charge in [-0.2, -0.15) is 0 Å². The zero-order valence-corrected chi connectivity index (χ0v) is 20.6. The zero-order valence-electron chi connectivity index (χ0n) is 15.1. The Morgan fingerprint density at radius 2 is 2.04 bits per heavy atom. The Bertz CT molecular complexity index is 710. The van der Waals surface area contributed by atoms with E-state index < -0.39 is 0 Å². The first-order valence-electron chi connectivity index (χ1n) is 8.47. The third-order valence-electron chi connectivity index (χ3n) is 4.18. The Balaban J connectivity index is 0.00000243. The molecule has 5 nitrogen and oxygen atoms in total. The number of thiophene rings is 1. The number of guanidine groups is 1. The van der Waals surface area contributed by atoms with Crippen molar-refractivity contribution in [2.75, 3.05) is 39.8 Å². The van der Waals surface area contributed by atoms with Gasteiger partial charge in [0.1, 0.15) is 0 Å². The molecule has 9 heteroatoms. The normalized spacial score (nSPS) is 15.8. The van der Waals surface area contributed by atoms with Gasteiger partial charge in [-0.3, -0.25) is 9.89 Å². The standard InChI is InChI=1S/C17H24BrN5S2.HI/c1-13-11-21-16(24-13)5-6-20-17(19-2)23-9-7-22(8-10-23)12-14-3-4-15(18)25-14;/h3-4,11H,5-10,12H2,1-2H3,(H,19,20);1H. The number of piperazine rings is 1. The van der Waals surface area contributed by atoms with Crippen LogP contribution in [0.25, 0.3) is 0 Å². The van der Waals surface area contributed by atoms with Gasteiger partial charge in [-0.15, -0.1) is 46.7 Å². The summed E-state index contributed by atoms with van der Waals surface area (Å²) in [4.78, 5) is 16.4. The number of aliphatic imine (C=N–C) groups is 1. The fourth-order valence-corrected chi connectivity index (χ4v) is 5.22. The molecule has 144 valence electrons. The maximum Gasteiger partial charge on any atom is 0.193 e. The minimum absolute atomic E-state index is 0. The van der Waals surface area contributed by atoms with Gasteiger partial charge in [0.05, 0.1) is 8.79 Å². The lowest BCUT2D eigenvalue weighted by atomic mass is 10.3. The largest absolute Gasteiger partial charge is 0.356 e. The number of aromatic nitrogens is 1. The monoisotopic (exact) mass is 569 g/mol. The quantitative estimate of drug-likeness (QED) is 0.338. The third kappa shape index (κ3) is 6.43. The summed E-state index contributed by atoms with van der Waals surface area (Å²) in [6, 6.07) is 4.34. The Morgan fingerprint density at radius 1 is 1.27 bits per heavy atom. The molecule has 2 aromatic heterocycles. The third-order valence-corrected chi connectivity index (χ3v) is 6.76. The first-order valence-corrected chi connectivity index (χ1v) is 10.9. The van der Waals surface area contributed by atoms with Crippen molar-refractivity contribution in [2.24, 2.45) is 4.99 Å². The molecular formula is C17H25BrIN5S2. The molecule has 1 aliphatic rings. The highest BCUT2D eigenvalue weighted by Crippen LogP contribution is 2.23. The van der Waals surface area contributed by atoms with Gasteiger partial charge in [0, 0.05) is 68.7 Å². The average Bonchev–Trinajstić information content (AvgIpc) is 3.21. The highest BCUT2D eigenvalue weighted by molar-refractivity contribution is 14.0. The number of thiazole rings is 1. The van der Waals surface area contributed by atoms with Crippen LogP contribution in [0.3, 0.4) is 0 Å². The Hall–Kier alpha value is -0.230. The van der Waals surface area contributed by atoms with Gasteiger partial charge in [-0.25, -0.2) is 4.98 Å². The summed E-state index contributed by atoms with van der Waals surface area (Å²) >= 11 is 7.14. The molecule has 1 fully saturated rings. The topological polar surface area (TPSA) is 43.8 Å². The van der Waals surface area contributed by atoms with Crippen LogP contribution in [0.15, 0.2) is 27.1 Å². The predicted octanol–water partition coefficient (Wildman–Crippen LogP) is 3.83. The summed E-state index contributed by atoms with van der Waals surface area (Å²) in [5.74, 6) is 1.01.